The fourth-order valence-corrected chi connectivity index (χ4v) is 2.60. The van der Waals surface area contributed by atoms with E-state index in [1.807, 2.05) is 0 Å². The molecule has 2 nitrogen and oxygen atoms in total. The predicted molar refractivity (Wildman–Crippen MR) is 68.0 cm³/mol. The Hall–Kier alpha value is -0.550. The molecule has 1 aliphatic carbocycles. The highest BCUT2D eigenvalue weighted by molar-refractivity contribution is 4.81. The van der Waals surface area contributed by atoms with Gasteiger partial charge in [0.1, 0.15) is 0 Å². The van der Waals surface area contributed by atoms with Crippen LogP contribution in [0.15, 0.2) is 0 Å². The second-order valence-corrected chi connectivity index (χ2v) is 6.12. The van der Waals surface area contributed by atoms with E-state index in [4.69, 9.17) is 5.26 Å². The monoisotopic (exact) mass is 222 g/mol. The summed E-state index contributed by atoms with van der Waals surface area (Å²) in [7, 11) is 0. The third kappa shape index (κ3) is 4.53. The Bertz CT molecular complexity index is 240. The molecule has 2 atom stereocenters. The van der Waals surface area contributed by atoms with Crippen molar-refractivity contribution < 1.29 is 0 Å². The van der Waals surface area contributed by atoms with Crippen LogP contribution in [-0.2, 0) is 0 Å². The number of nitriles is 1. The van der Waals surface area contributed by atoms with Crippen molar-refractivity contribution in [2.75, 3.05) is 13.1 Å². The molecule has 0 amide bonds. The predicted octanol–water partition coefficient (Wildman–Crippen LogP) is 3.34. The smallest absolute Gasteiger partial charge is 0.0621 e. The maximum absolute atomic E-state index is 8.59. The molecule has 0 aromatic carbocycles. The van der Waals surface area contributed by atoms with Crippen LogP contribution in [0, 0.1) is 28.6 Å². The Labute approximate surface area is 100 Å². The summed E-state index contributed by atoms with van der Waals surface area (Å²) < 4.78 is 0. The van der Waals surface area contributed by atoms with Crippen molar-refractivity contribution in [3.63, 3.8) is 0 Å². The maximum atomic E-state index is 8.59. The fraction of sp³-hybridized carbons (Fsp3) is 0.929. The molecule has 0 radical (unpaired) electrons. The minimum atomic E-state index is 0.261. The summed E-state index contributed by atoms with van der Waals surface area (Å²) in [6, 6.07) is 2.23. The first-order chi connectivity index (χ1) is 7.55. The fourth-order valence-electron chi connectivity index (χ4n) is 2.60. The van der Waals surface area contributed by atoms with Gasteiger partial charge >= 0.3 is 0 Å². The molecule has 0 aromatic rings. The Kier molecular flexibility index (Phi) is 5.28. The molecular weight excluding hydrogens is 196 g/mol. The average molecular weight is 222 g/mol. The summed E-state index contributed by atoms with van der Waals surface area (Å²) in [5, 5.41) is 12.2. The Balaban J connectivity index is 2.16. The van der Waals surface area contributed by atoms with Crippen LogP contribution in [0.2, 0.25) is 0 Å². The molecule has 92 valence electrons. The Morgan fingerprint density at radius 1 is 1.38 bits per heavy atom. The van der Waals surface area contributed by atoms with Crippen molar-refractivity contribution >= 4 is 0 Å². The van der Waals surface area contributed by atoms with Crippen molar-refractivity contribution in [1.82, 2.24) is 5.32 Å². The van der Waals surface area contributed by atoms with E-state index in [1.165, 1.54) is 19.3 Å². The van der Waals surface area contributed by atoms with Crippen LogP contribution >= 0.6 is 0 Å². The van der Waals surface area contributed by atoms with E-state index >= 15 is 0 Å². The normalized spacial score (nSPS) is 25.6. The number of rotatable bonds is 6. The molecule has 1 N–H and O–H groups in total. The van der Waals surface area contributed by atoms with Gasteiger partial charge in [-0.2, -0.15) is 5.26 Å². The topological polar surface area (TPSA) is 35.8 Å². The van der Waals surface area contributed by atoms with Crippen molar-refractivity contribution in [2.45, 2.75) is 52.9 Å². The van der Waals surface area contributed by atoms with Gasteiger partial charge in [-0.15, -0.1) is 0 Å². The van der Waals surface area contributed by atoms with Crippen LogP contribution in [-0.4, -0.2) is 13.1 Å². The van der Waals surface area contributed by atoms with Crippen LogP contribution in [0.25, 0.3) is 0 Å². The van der Waals surface area contributed by atoms with E-state index in [0.29, 0.717) is 6.42 Å². The van der Waals surface area contributed by atoms with E-state index in [1.54, 1.807) is 0 Å². The highest BCUT2D eigenvalue weighted by Crippen LogP contribution is 2.30. The van der Waals surface area contributed by atoms with Gasteiger partial charge in [0.2, 0.25) is 0 Å². The van der Waals surface area contributed by atoms with Crippen molar-refractivity contribution in [2.24, 2.45) is 17.3 Å². The zero-order valence-corrected chi connectivity index (χ0v) is 11.1. The zero-order chi connectivity index (χ0) is 12.0. The highest BCUT2D eigenvalue weighted by Gasteiger charge is 2.24. The van der Waals surface area contributed by atoms with E-state index in [9.17, 15) is 0 Å². The molecule has 2 heteroatoms. The quantitative estimate of drug-likeness (QED) is 0.748. The molecule has 0 aromatic heterocycles. The third-order valence-electron chi connectivity index (χ3n) is 3.96. The lowest BCUT2D eigenvalue weighted by molar-refractivity contribution is 0.295. The summed E-state index contributed by atoms with van der Waals surface area (Å²) in [5.74, 6) is 1.78. The third-order valence-corrected chi connectivity index (χ3v) is 3.96. The standard InChI is InChI=1S/C14H26N2/c1-12-6-4-7-13(12)10-16-11-14(2,3)8-5-9-15/h12-13,16H,4-8,10-11H2,1-3H3. The summed E-state index contributed by atoms with van der Waals surface area (Å²) in [6.07, 6.45) is 5.88. The van der Waals surface area contributed by atoms with Gasteiger partial charge in [-0.25, -0.2) is 0 Å². The van der Waals surface area contributed by atoms with Crippen molar-refractivity contribution in [3.8, 4) is 6.07 Å². The van der Waals surface area contributed by atoms with E-state index in [0.717, 1.165) is 31.3 Å². The molecule has 0 bridgehead atoms. The first-order valence-corrected chi connectivity index (χ1v) is 6.63. The van der Waals surface area contributed by atoms with Gasteiger partial charge < -0.3 is 5.32 Å². The molecule has 16 heavy (non-hydrogen) atoms. The molecule has 0 spiro atoms. The molecule has 2 unspecified atom stereocenters. The lowest BCUT2D eigenvalue weighted by Crippen LogP contribution is -2.33. The van der Waals surface area contributed by atoms with Gasteiger partial charge in [0.25, 0.3) is 0 Å². The number of nitrogens with one attached hydrogen (secondary N) is 1. The molecule has 1 rings (SSSR count). The minimum Gasteiger partial charge on any atom is -0.316 e. The van der Waals surface area contributed by atoms with Gasteiger partial charge in [0, 0.05) is 13.0 Å². The molecule has 0 aliphatic heterocycles. The van der Waals surface area contributed by atoms with E-state index < -0.39 is 0 Å². The molecule has 1 saturated carbocycles. The SMILES string of the molecule is CC1CCCC1CNCC(C)(C)CCC#N. The Morgan fingerprint density at radius 3 is 2.69 bits per heavy atom. The summed E-state index contributed by atoms with van der Waals surface area (Å²) in [6.45, 7) is 9.07. The van der Waals surface area contributed by atoms with Gasteiger partial charge in [0.05, 0.1) is 6.07 Å². The molecule has 0 heterocycles. The highest BCUT2D eigenvalue weighted by atomic mass is 14.9. The summed E-state index contributed by atoms with van der Waals surface area (Å²) in [5.41, 5.74) is 0.261. The van der Waals surface area contributed by atoms with Crippen LogP contribution in [0.4, 0.5) is 0 Å². The molecule has 1 aliphatic rings. The van der Waals surface area contributed by atoms with Crippen LogP contribution in [0.1, 0.15) is 52.9 Å². The van der Waals surface area contributed by atoms with Gasteiger partial charge in [-0.1, -0.05) is 33.6 Å². The van der Waals surface area contributed by atoms with Crippen molar-refractivity contribution in [3.05, 3.63) is 0 Å². The van der Waals surface area contributed by atoms with Crippen molar-refractivity contribution in [1.29, 1.82) is 5.26 Å². The average Bonchev–Trinajstić information content (AvgIpc) is 2.62. The van der Waals surface area contributed by atoms with Gasteiger partial charge in [-0.05, 0) is 36.6 Å². The maximum Gasteiger partial charge on any atom is 0.0621 e. The number of nitrogens with zero attached hydrogens (tertiary/aromatic N) is 1. The summed E-state index contributed by atoms with van der Waals surface area (Å²) in [4.78, 5) is 0. The molecular formula is C14H26N2. The molecule has 1 fully saturated rings. The van der Waals surface area contributed by atoms with Crippen LogP contribution < -0.4 is 5.32 Å². The Morgan fingerprint density at radius 2 is 2.12 bits per heavy atom. The number of hydrogen-bond donors (Lipinski definition) is 1. The van der Waals surface area contributed by atoms with Gasteiger partial charge in [-0.3, -0.25) is 0 Å². The lowest BCUT2D eigenvalue weighted by Gasteiger charge is -2.25. The van der Waals surface area contributed by atoms with Crippen LogP contribution in [0.5, 0.6) is 0 Å². The summed E-state index contributed by atoms with van der Waals surface area (Å²) >= 11 is 0. The minimum absolute atomic E-state index is 0.261. The second-order valence-electron chi connectivity index (χ2n) is 6.12. The van der Waals surface area contributed by atoms with E-state index in [-0.39, 0.29) is 5.41 Å². The van der Waals surface area contributed by atoms with Gasteiger partial charge in [0.15, 0.2) is 0 Å². The van der Waals surface area contributed by atoms with E-state index in [2.05, 4.69) is 32.2 Å². The number of hydrogen-bond acceptors (Lipinski definition) is 2. The lowest BCUT2D eigenvalue weighted by atomic mass is 9.87. The first-order valence-electron chi connectivity index (χ1n) is 6.63. The second kappa shape index (κ2) is 6.25. The van der Waals surface area contributed by atoms with Crippen LogP contribution in [0.3, 0.4) is 0 Å². The zero-order valence-electron chi connectivity index (χ0n) is 11.1. The largest absolute Gasteiger partial charge is 0.316 e. The molecule has 0 saturated heterocycles. The first kappa shape index (κ1) is 13.5.